The molecule has 0 aliphatic carbocycles. The van der Waals surface area contributed by atoms with Gasteiger partial charge in [0.1, 0.15) is 6.04 Å². The monoisotopic (exact) mass is 263 g/mol. The lowest BCUT2D eigenvalue weighted by molar-refractivity contribution is -0.152. The van der Waals surface area contributed by atoms with Gasteiger partial charge >= 0.3 is 5.97 Å². The quantitative estimate of drug-likeness (QED) is 0.795. The van der Waals surface area contributed by atoms with Crippen molar-refractivity contribution >= 4 is 11.9 Å². The van der Waals surface area contributed by atoms with Gasteiger partial charge in [-0.2, -0.15) is 0 Å². The first-order valence-electron chi connectivity index (χ1n) is 6.25. The largest absolute Gasteiger partial charge is 0.480 e. The maximum absolute atomic E-state index is 12.3. The average Bonchev–Trinajstić information content (AvgIpc) is 2.50. The molecule has 1 atom stereocenters. The van der Waals surface area contributed by atoms with E-state index in [1.54, 1.807) is 12.2 Å². The van der Waals surface area contributed by atoms with Crippen molar-refractivity contribution in [1.82, 2.24) is 4.90 Å². The molecule has 19 heavy (non-hydrogen) atoms. The number of nitrogens with zero attached hydrogens (tertiary/aromatic N) is 1. The van der Waals surface area contributed by atoms with Gasteiger partial charge < -0.3 is 10.0 Å². The van der Waals surface area contributed by atoms with E-state index in [4.69, 9.17) is 0 Å². The summed E-state index contributed by atoms with van der Waals surface area (Å²) in [5, 5.41) is 9.38. The summed E-state index contributed by atoms with van der Waals surface area (Å²) in [5.74, 6) is -1.24. The Hall–Kier alpha value is -1.84. The van der Waals surface area contributed by atoms with Crippen LogP contribution in [0.5, 0.6) is 0 Å². The molecule has 4 nitrogen and oxygen atoms in total. The van der Waals surface area contributed by atoms with Gasteiger partial charge in [-0.05, 0) is 24.0 Å². The molecule has 0 unspecified atom stereocenters. The van der Waals surface area contributed by atoms with Crippen LogP contribution >= 0.6 is 0 Å². The normalized spacial score (nSPS) is 20.6. The summed E-state index contributed by atoms with van der Waals surface area (Å²) in [4.78, 5) is 25.2. The minimum Gasteiger partial charge on any atom is -0.480 e. The van der Waals surface area contributed by atoms with Crippen molar-refractivity contribution in [3.8, 4) is 0 Å². The highest BCUT2D eigenvalue weighted by Gasteiger charge is 2.43. The van der Waals surface area contributed by atoms with Crippen LogP contribution in [0, 0.1) is 5.41 Å². The number of rotatable bonds is 3. The number of carboxylic acid groups (broad SMARTS) is 1. The van der Waals surface area contributed by atoms with Crippen LogP contribution in [-0.4, -0.2) is 34.5 Å². The molecule has 104 valence electrons. The van der Waals surface area contributed by atoms with Crippen LogP contribution < -0.4 is 0 Å². The predicted molar refractivity (Wildman–Crippen MR) is 74.6 cm³/mol. The lowest BCUT2D eigenvalue weighted by Gasteiger charge is -2.34. The van der Waals surface area contributed by atoms with Gasteiger partial charge in [0.05, 0.1) is 0 Å². The van der Waals surface area contributed by atoms with Crippen LogP contribution in [0.15, 0.2) is 36.0 Å². The van der Waals surface area contributed by atoms with E-state index in [-0.39, 0.29) is 12.5 Å². The summed E-state index contributed by atoms with van der Waals surface area (Å²) in [6.45, 7) is 11.4. The Morgan fingerprint density at radius 1 is 1.47 bits per heavy atom. The molecule has 1 aliphatic rings. The van der Waals surface area contributed by atoms with Crippen molar-refractivity contribution in [2.24, 2.45) is 5.41 Å². The number of hydrogen-bond donors (Lipinski definition) is 1. The molecule has 1 amide bonds. The maximum atomic E-state index is 12.3. The Morgan fingerprint density at radius 3 is 2.47 bits per heavy atom. The number of hydrogen-bond acceptors (Lipinski definition) is 2. The van der Waals surface area contributed by atoms with Gasteiger partial charge in [-0.25, -0.2) is 4.79 Å². The summed E-state index contributed by atoms with van der Waals surface area (Å²) < 4.78 is 0. The number of carboxylic acids is 1. The third kappa shape index (κ3) is 3.13. The van der Waals surface area contributed by atoms with Crippen molar-refractivity contribution in [2.75, 3.05) is 6.54 Å². The van der Waals surface area contributed by atoms with Crippen LogP contribution in [0.2, 0.25) is 0 Å². The minimum atomic E-state index is -0.985. The average molecular weight is 263 g/mol. The third-order valence-corrected chi connectivity index (χ3v) is 3.05. The second-order valence-electron chi connectivity index (χ2n) is 5.75. The van der Waals surface area contributed by atoms with Crippen LogP contribution in [0.1, 0.15) is 27.7 Å². The molecular formula is C15H21NO3. The molecule has 0 radical (unpaired) electrons. The third-order valence-electron chi connectivity index (χ3n) is 3.05. The van der Waals surface area contributed by atoms with Gasteiger partial charge in [0.15, 0.2) is 0 Å². The zero-order valence-corrected chi connectivity index (χ0v) is 11.9. The van der Waals surface area contributed by atoms with Crippen LogP contribution in [-0.2, 0) is 9.59 Å². The Balaban J connectivity index is 3.14. The predicted octanol–water partition coefficient (Wildman–Crippen LogP) is 2.39. The van der Waals surface area contributed by atoms with Gasteiger partial charge in [-0.15, -0.1) is 0 Å². The second kappa shape index (κ2) is 5.43. The Kier molecular flexibility index (Phi) is 4.35. The number of likely N-dealkylation sites (tertiary alicyclic amines) is 1. The van der Waals surface area contributed by atoms with Crippen molar-refractivity contribution in [1.29, 1.82) is 0 Å². The Labute approximate surface area is 114 Å². The summed E-state index contributed by atoms with van der Waals surface area (Å²) in [6.07, 6.45) is 5.26. The zero-order valence-electron chi connectivity index (χ0n) is 11.9. The molecule has 1 heterocycles. The topological polar surface area (TPSA) is 57.6 Å². The number of carbonyl (C=O) groups excluding carboxylic acids is 1. The van der Waals surface area contributed by atoms with E-state index in [2.05, 4.69) is 6.58 Å². The molecular weight excluding hydrogens is 242 g/mol. The molecule has 0 spiro atoms. The van der Waals surface area contributed by atoms with Crippen molar-refractivity contribution in [3.63, 3.8) is 0 Å². The molecule has 0 aromatic carbocycles. The lowest BCUT2D eigenvalue weighted by Crippen LogP contribution is -2.50. The van der Waals surface area contributed by atoms with Crippen molar-refractivity contribution in [2.45, 2.75) is 33.7 Å². The van der Waals surface area contributed by atoms with Crippen LogP contribution in [0.25, 0.3) is 0 Å². The van der Waals surface area contributed by atoms with Gasteiger partial charge in [0.2, 0.25) is 0 Å². The van der Waals surface area contributed by atoms with Gasteiger partial charge in [0.25, 0.3) is 5.91 Å². The Bertz CT molecular complexity index is 466. The first-order valence-corrected chi connectivity index (χ1v) is 6.25. The maximum Gasteiger partial charge on any atom is 0.326 e. The van der Waals surface area contributed by atoms with Crippen molar-refractivity contribution < 1.29 is 14.7 Å². The van der Waals surface area contributed by atoms with Crippen LogP contribution in [0.3, 0.4) is 0 Å². The van der Waals surface area contributed by atoms with Gasteiger partial charge in [-0.3, -0.25) is 4.79 Å². The SMILES string of the molecule is C=C1CN([C@H](C(=O)O)C(C)(C)C)C(=O)/C1=C/C=C\C. The zero-order chi connectivity index (χ0) is 14.8. The number of amides is 1. The Morgan fingerprint density at radius 2 is 2.05 bits per heavy atom. The van der Waals surface area contributed by atoms with E-state index in [9.17, 15) is 14.7 Å². The molecule has 1 rings (SSSR count). The highest BCUT2D eigenvalue weighted by Crippen LogP contribution is 2.32. The summed E-state index contributed by atoms with van der Waals surface area (Å²) in [6, 6.07) is -0.853. The van der Waals surface area contributed by atoms with E-state index in [1.807, 2.05) is 33.8 Å². The van der Waals surface area contributed by atoms with Gasteiger partial charge in [-0.1, -0.05) is 39.5 Å². The van der Waals surface area contributed by atoms with E-state index in [1.165, 1.54) is 4.90 Å². The summed E-state index contributed by atoms with van der Waals surface area (Å²) >= 11 is 0. The molecule has 0 aromatic rings. The summed E-state index contributed by atoms with van der Waals surface area (Å²) in [5.41, 5.74) is 0.630. The number of aliphatic carboxylic acids is 1. The highest BCUT2D eigenvalue weighted by atomic mass is 16.4. The molecule has 1 fully saturated rings. The molecule has 0 bridgehead atoms. The van der Waals surface area contributed by atoms with E-state index in [0.717, 1.165) is 0 Å². The van der Waals surface area contributed by atoms with E-state index < -0.39 is 17.4 Å². The second-order valence-corrected chi connectivity index (χ2v) is 5.75. The molecule has 1 aliphatic heterocycles. The molecule has 4 heteroatoms. The van der Waals surface area contributed by atoms with E-state index >= 15 is 0 Å². The fraction of sp³-hybridized carbons (Fsp3) is 0.467. The summed E-state index contributed by atoms with van der Waals surface area (Å²) in [7, 11) is 0. The number of allylic oxidation sites excluding steroid dienone is 3. The highest BCUT2D eigenvalue weighted by molar-refractivity contribution is 6.03. The first-order chi connectivity index (χ1) is 8.70. The van der Waals surface area contributed by atoms with E-state index in [0.29, 0.717) is 11.1 Å². The minimum absolute atomic E-state index is 0.259. The molecule has 1 saturated heterocycles. The first kappa shape index (κ1) is 15.2. The number of carbonyl (C=O) groups is 2. The standard InChI is InChI=1S/C15H21NO3/c1-6-7-8-11-10(2)9-16(13(11)17)12(14(18)19)15(3,4)5/h6-8,12H,2,9H2,1,3-5H3,(H,18,19)/b7-6-,11-8+/t12-/m1/s1. The van der Waals surface area contributed by atoms with Crippen molar-refractivity contribution in [3.05, 3.63) is 36.0 Å². The van der Waals surface area contributed by atoms with Crippen LogP contribution in [0.4, 0.5) is 0 Å². The molecule has 0 aromatic heterocycles. The smallest absolute Gasteiger partial charge is 0.326 e. The molecule has 1 N–H and O–H groups in total. The molecule has 0 saturated carbocycles. The fourth-order valence-electron chi connectivity index (χ4n) is 2.23. The fourth-order valence-corrected chi connectivity index (χ4v) is 2.23. The van der Waals surface area contributed by atoms with Gasteiger partial charge in [0, 0.05) is 12.1 Å². The lowest BCUT2D eigenvalue weighted by atomic mass is 9.86.